The van der Waals surface area contributed by atoms with Gasteiger partial charge in [0.2, 0.25) is 6.17 Å². The van der Waals surface area contributed by atoms with Crippen LogP contribution in [-0.2, 0) is 14.9 Å². The first-order valence-corrected chi connectivity index (χ1v) is 5.86. The fourth-order valence-corrected chi connectivity index (χ4v) is 1.10. The van der Waals surface area contributed by atoms with E-state index in [0.717, 1.165) is 0 Å². The van der Waals surface area contributed by atoms with Gasteiger partial charge in [0.15, 0.2) is 0 Å². The Morgan fingerprint density at radius 2 is 1.18 bits per heavy atom. The number of hydrogen-bond donors (Lipinski definition) is 1. The molecule has 1 atom stereocenters. The summed E-state index contributed by atoms with van der Waals surface area (Å²) in [5, 5.41) is -6.86. The first-order chi connectivity index (χ1) is 9.31. The molecule has 0 radical (unpaired) electrons. The highest BCUT2D eigenvalue weighted by Gasteiger charge is 2.76. The molecule has 0 aliphatic heterocycles. The third kappa shape index (κ3) is 3.53. The Bertz CT molecular complexity index is 501. The van der Waals surface area contributed by atoms with E-state index in [9.17, 15) is 56.7 Å². The summed E-state index contributed by atoms with van der Waals surface area (Å²) in [5.41, 5.74) is 0. The van der Waals surface area contributed by atoms with Crippen molar-refractivity contribution >= 4 is 10.1 Å². The van der Waals surface area contributed by atoms with Crippen LogP contribution in [0.5, 0.6) is 0 Å². The van der Waals surface area contributed by atoms with Gasteiger partial charge in [-0.05, 0) is 0 Å². The zero-order valence-electron chi connectivity index (χ0n) is 9.39. The lowest BCUT2D eigenvalue weighted by Crippen LogP contribution is -2.59. The van der Waals surface area contributed by atoms with E-state index in [1.807, 2.05) is 0 Å². The second kappa shape index (κ2) is 5.63. The number of alkyl halides is 11. The summed E-state index contributed by atoms with van der Waals surface area (Å²) in [4.78, 5) is 0. The average molecular weight is 380 g/mol. The third-order valence-corrected chi connectivity index (χ3v) is 2.76. The van der Waals surface area contributed by atoms with E-state index in [4.69, 9.17) is 4.55 Å². The predicted molar refractivity (Wildman–Crippen MR) is 43.3 cm³/mol. The SMILES string of the molecule is O=S(=O)(O)C(F)(F)C(F)(F)OC(F)(F)C(F)(F)C(F)C(F)F. The molecule has 0 aliphatic rings. The van der Waals surface area contributed by atoms with Crippen molar-refractivity contribution in [2.45, 2.75) is 36.0 Å². The summed E-state index contributed by atoms with van der Waals surface area (Å²) >= 11 is 0. The van der Waals surface area contributed by atoms with Crippen molar-refractivity contribution in [3.8, 4) is 0 Å². The summed E-state index contributed by atoms with van der Waals surface area (Å²) in [7, 11) is -7.14. The first-order valence-electron chi connectivity index (χ1n) is 4.42. The minimum atomic E-state index is -7.14. The summed E-state index contributed by atoms with van der Waals surface area (Å²) in [6, 6.07) is 0. The van der Waals surface area contributed by atoms with E-state index < -0.39 is 46.1 Å². The van der Waals surface area contributed by atoms with Crippen LogP contribution in [0.4, 0.5) is 48.3 Å². The zero-order valence-corrected chi connectivity index (χ0v) is 10.2. The standard InChI is InChI=1S/C6H3F11O4S/c7-1(2(8)9)3(10,11)4(12,13)21-5(14,15)6(16,17)22(18,19)20/h1-2H,(H,18,19,20). The lowest BCUT2D eigenvalue weighted by Gasteiger charge is -2.32. The molecule has 4 nitrogen and oxygen atoms in total. The first kappa shape index (κ1) is 21.1. The van der Waals surface area contributed by atoms with Crippen molar-refractivity contribution in [1.82, 2.24) is 0 Å². The molecule has 0 saturated heterocycles. The molecule has 0 heterocycles. The Kier molecular flexibility index (Phi) is 5.40. The molecule has 0 bridgehead atoms. The van der Waals surface area contributed by atoms with Crippen LogP contribution in [0.15, 0.2) is 0 Å². The fourth-order valence-electron chi connectivity index (χ4n) is 0.757. The van der Waals surface area contributed by atoms with E-state index >= 15 is 0 Å². The molecule has 22 heavy (non-hydrogen) atoms. The van der Waals surface area contributed by atoms with Crippen molar-refractivity contribution in [2.24, 2.45) is 0 Å². The minimum absolute atomic E-state index is 1.57. The Morgan fingerprint density at radius 3 is 1.45 bits per heavy atom. The van der Waals surface area contributed by atoms with E-state index in [-0.39, 0.29) is 0 Å². The van der Waals surface area contributed by atoms with Crippen LogP contribution in [0.25, 0.3) is 0 Å². The topological polar surface area (TPSA) is 63.6 Å². The second-order valence-corrected chi connectivity index (χ2v) is 4.95. The molecule has 0 saturated carbocycles. The molecule has 16 heteroatoms. The van der Waals surface area contributed by atoms with Crippen LogP contribution in [0.2, 0.25) is 0 Å². The van der Waals surface area contributed by atoms with Crippen molar-refractivity contribution in [3.05, 3.63) is 0 Å². The molecule has 0 aliphatic carbocycles. The average Bonchev–Trinajstić information content (AvgIpc) is 2.24. The maximum Gasteiger partial charge on any atom is 0.460 e. The molecule has 1 unspecified atom stereocenters. The molecule has 0 aromatic carbocycles. The van der Waals surface area contributed by atoms with Crippen molar-refractivity contribution < 1.29 is 66.0 Å². The fraction of sp³-hybridized carbons (Fsp3) is 1.00. The number of hydrogen-bond acceptors (Lipinski definition) is 3. The predicted octanol–water partition coefficient (Wildman–Crippen LogP) is 2.91. The monoisotopic (exact) mass is 380 g/mol. The van der Waals surface area contributed by atoms with Gasteiger partial charge < -0.3 is 0 Å². The second-order valence-electron chi connectivity index (χ2n) is 3.49. The highest BCUT2D eigenvalue weighted by molar-refractivity contribution is 7.86. The largest absolute Gasteiger partial charge is 0.460 e. The Labute approximate surface area is 113 Å². The Morgan fingerprint density at radius 1 is 0.818 bits per heavy atom. The van der Waals surface area contributed by atoms with Crippen LogP contribution in [-0.4, -0.2) is 49.0 Å². The van der Waals surface area contributed by atoms with Gasteiger partial charge in [0.25, 0.3) is 6.43 Å². The molecular weight excluding hydrogens is 377 g/mol. The molecule has 0 amide bonds. The van der Waals surface area contributed by atoms with E-state index in [1.165, 1.54) is 0 Å². The zero-order chi connectivity index (χ0) is 18.4. The molecule has 0 aromatic heterocycles. The molecule has 0 spiro atoms. The molecule has 134 valence electrons. The quantitative estimate of drug-likeness (QED) is 0.545. The summed E-state index contributed by atoms with van der Waals surface area (Å²) in [5.74, 6) is -6.74. The normalized spacial score (nSPS) is 17.0. The van der Waals surface area contributed by atoms with Crippen LogP contribution in [0.3, 0.4) is 0 Å². The number of halogens is 11. The van der Waals surface area contributed by atoms with Gasteiger partial charge in [-0.3, -0.25) is 4.55 Å². The molecule has 0 fully saturated rings. The van der Waals surface area contributed by atoms with Gasteiger partial charge in [-0.1, -0.05) is 0 Å². The molecule has 0 aromatic rings. The van der Waals surface area contributed by atoms with Crippen molar-refractivity contribution in [1.29, 1.82) is 0 Å². The molecule has 1 N–H and O–H groups in total. The molecular formula is C6H3F11O4S. The van der Waals surface area contributed by atoms with E-state index in [1.54, 1.807) is 4.74 Å². The number of ether oxygens (including phenoxy) is 1. The summed E-state index contributed by atoms with van der Waals surface area (Å²) < 4.78 is 165. The van der Waals surface area contributed by atoms with Crippen LogP contribution in [0, 0.1) is 0 Å². The molecule has 0 rings (SSSR count). The van der Waals surface area contributed by atoms with Crippen LogP contribution in [0.1, 0.15) is 0 Å². The van der Waals surface area contributed by atoms with Gasteiger partial charge in [0.1, 0.15) is 0 Å². The summed E-state index contributed by atoms with van der Waals surface area (Å²) in [6.07, 6.45) is -24.0. The van der Waals surface area contributed by atoms with Crippen LogP contribution < -0.4 is 0 Å². The number of rotatable bonds is 7. The van der Waals surface area contributed by atoms with Crippen molar-refractivity contribution in [2.75, 3.05) is 0 Å². The maximum absolute atomic E-state index is 12.6. The summed E-state index contributed by atoms with van der Waals surface area (Å²) in [6.45, 7) is 0. The van der Waals surface area contributed by atoms with E-state index in [2.05, 4.69) is 0 Å². The Hall–Kier alpha value is -0.900. The Balaban J connectivity index is 5.71. The van der Waals surface area contributed by atoms with Crippen molar-refractivity contribution in [3.63, 3.8) is 0 Å². The van der Waals surface area contributed by atoms with Crippen LogP contribution >= 0.6 is 0 Å². The van der Waals surface area contributed by atoms with E-state index in [0.29, 0.717) is 0 Å². The van der Waals surface area contributed by atoms with Gasteiger partial charge >= 0.3 is 33.5 Å². The maximum atomic E-state index is 12.6. The highest BCUT2D eigenvalue weighted by Crippen LogP contribution is 2.48. The third-order valence-electron chi connectivity index (χ3n) is 1.87. The van der Waals surface area contributed by atoms with Gasteiger partial charge in [-0.2, -0.15) is 43.5 Å². The van der Waals surface area contributed by atoms with Gasteiger partial charge in [0.05, 0.1) is 0 Å². The minimum Gasteiger partial charge on any atom is -0.281 e. The van der Waals surface area contributed by atoms with Gasteiger partial charge in [-0.25, -0.2) is 17.9 Å². The smallest absolute Gasteiger partial charge is 0.281 e. The lowest BCUT2D eigenvalue weighted by atomic mass is 10.2. The lowest BCUT2D eigenvalue weighted by molar-refractivity contribution is -0.464. The van der Waals surface area contributed by atoms with Gasteiger partial charge in [-0.15, -0.1) is 0 Å². The van der Waals surface area contributed by atoms with Gasteiger partial charge in [0, 0.05) is 0 Å². The highest BCUT2D eigenvalue weighted by atomic mass is 32.2.